The van der Waals surface area contributed by atoms with Gasteiger partial charge in [0.2, 0.25) is 0 Å². The number of imidazole rings is 1. The molecule has 1 amide bonds. The maximum atomic E-state index is 12.3. The van der Waals surface area contributed by atoms with E-state index in [9.17, 15) is 4.79 Å². The summed E-state index contributed by atoms with van der Waals surface area (Å²) in [6.07, 6.45) is 10.6. The van der Waals surface area contributed by atoms with Crippen molar-refractivity contribution in [2.24, 2.45) is 0 Å². The number of nitrogens with one attached hydrogen (secondary N) is 1. The van der Waals surface area contributed by atoms with Gasteiger partial charge in [-0.25, -0.2) is 9.97 Å². The van der Waals surface area contributed by atoms with Gasteiger partial charge in [0.05, 0.1) is 29.8 Å². The number of amides is 1. The molecule has 4 aromatic rings. The molecule has 0 bridgehead atoms. The molecular weight excluding hydrogens is 342 g/mol. The minimum Gasteiger partial charge on any atom is -0.352 e. The lowest BCUT2D eigenvalue weighted by Crippen LogP contribution is -2.26. The topological polar surface area (TPSA) is 98.5 Å². The number of carbonyl (C=O) groups is 1. The van der Waals surface area contributed by atoms with Crippen molar-refractivity contribution in [3.05, 3.63) is 78.5 Å². The van der Waals surface area contributed by atoms with Crippen molar-refractivity contribution in [1.82, 2.24) is 34.8 Å². The molecule has 8 heteroatoms. The summed E-state index contributed by atoms with van der Waals surface area (Å²) in [6.45, 7) is 1.05. The highest BCUT2D eigenvalue weighted by Crippen LogP contribution is 2.13. The van der Waals surface area contributed by atoms with Crippen molar-refractivity contribution in [3.8, 4) is 0 Å². The Kier molecular flexibility index (Phi) is 4.78. The Bertz CT molecular complexity index is 1050. The van der Waals surface area contributed by atoms with E-state index in [-0.39, 0.29) is 5.91 Å². The number of nitrogens with zero attached hydrogens (tertiary/aromatic N) is 6. The standard InChI is InChI=1S/C19H17N7O/c27-19(23-6-4-15-11-20-7-8-22-15)14-9-17-18(24-10-14)26(13-25-17)12-16-3-1-2-5-21-16/h1-3,5,7-11,13H,4,6,12H2,(H,23,27). The van der Waals surface area contributed by atoms with Gasteiger partial charge in [-0.1, -0.05) is 6.07 Å². The van der Waals surface area contributed by atoms with Gasteiger partial charge in [0, 0.05) is 43.9 Å². The van der Waals surface area contributed by atoms with E-state index in [4.69, 9.17) is 0 Å². The molecule has 4 heterocycles. The molecule has 0 spiro atoms. The summed E-state index contributed by atoms with van der Waals surface area (Å²) in [5.41, 5.74) is 3.62. The lowest BCUT2D eigenvalue weighted by atomic mass is 10.2. The first kappa shape index (κ1) is 16.8. The van der Waals surface area contributed by atoms with Crippen LogP contribution in [0.25, 0.3) is 11.2 Å². The molecule has 0 radical (unpaired) electrons. The molecule has 27 heavy (non-hydrogen) atoms. The van der Waals surface area contributed by atoms with Crippen LogP contribution < -0.4 is 5.32 Å². The van der Waals surface area contributed by atoms with E-state index in [1.54, 1.807) is 43.4 Å². The quantitative estimate of drug-likeness (QED) is 0.562. The summed E-state index contributed by atoms with van der Waals surface area (Å²) in [4.78, 5) is 33.6. The predicted octanol–water partition coefficient (Wildman–Crippen LogP) is 1.64. The molecule has 134 valence electrons. The zero-order valence-electron chi connectivity index (χ0n) is 14.5. The van der Waals surface area contributed by atoms with Crippen LogP contribution in [-0.2, 0) is 13.0 Å². The van der Waals surface area contributed by atoms with E-state index in [1.807, 2.05) is 22.8 Å². The van der Waals surface area contributed by atoms with Gasteiger partial charge < -0.3 is 9.88 Å². The van der Waals surface area contributed by atoms with Crippen LogP contribution in [0.2, 0.25) is 0 Å². The molecule has 0 aromatic carbocycles. The third-order valence-corrected chi connectivity index (χ3v) is 4.06. The van der Waals surface area contributed by atoms with Crippen LogP contribution in [0.1, 0.15) is 21.7 Å². The zero-order chi connectivity index (χ0) is 18.5. The summed E-state index contributed by atoms with van der Waals surface area (Å²) in [5, 5.41) is 2.87. The largest absolute Gasteiger partial charge is 0.352 e. The second-order valence-electron chi connectivity index (χ2n) is 5.96. The SMILES string of the molecule is O=C(NCCc1cnccn1)c1cnc2c(c1)ncn2Cc1ccccn1. The summed E-state index contributed by atoms with van der Waals surface area (Å²) in [7, 11) is 0. The van der Waals surface area contributed by atoms with E-state index in [0.717, 1.165) is 17.0 Å². The molecule has 0 unspecified atom stereocenters. The Morgan fingerprint density at radius 1 is 1.00 bits per heavy atom. The number of hydrogen-bond donors (Lipinski definition) is 1. The van der Waals surface area contributed by atoms with Crippen LogP contribution in [0.5, 0.6) is 0 Å². The monoisotopic (exact) mass is 359 g/mol. The van der Waals surface area contributed by atoms with Crippen molar-refractivity contribution < 1.29 is 4.79 Å². The molecule has 0 saturated carbocycles. The molecule has 0 aliphatic heterocycles. The third-order valence-electron chi connectivity index (χ3n) is 4.06. The lowest BCUT2D eigenvalue weighted by molar-refractivity contribution is 0.0954. The zero-order valence-corrected chi connectivity index (χ0v) is 14.5. The van der Waals surface area contributed by atoms with Gasteiger partial charge in [0.1, 0.15) is 5.52 Å². The van der Waals surface area contributed by atoms with Crippen LogP contribution in [0.4, 0.5) is 0 Å². The summed E-state index contributed by atoms with van der Waals surface area (Å²) in [5.74, 6) is -0.187. The molecule has 4 rings (SSSR count). The van der Waals surface area contributed by atoms with Crippen molar-refractivity contribution in [2.45, 2.75) is 13.0 Å². The Labute approximate surface area is 155 Å². The van der Waals surface area contributed by atoms with Crippen molar-refractivity contribution >= 4 is 17.1 Å². The Balaban J connectivity index is 1.43. The van der Waals surface area contributed by atoms with Gasteiger partial charge in [-0.05, 0) is 18.2 Å². The molecule has 0 aliphatic carbocycles. The molecule has 1 N–H and O–H groups in total. The third kappa shape index (κ3) is 3.95. The van der Waals surface area contributed by atoms with Crippen LogP contribution >= 0.6 is 0 Å². The van der Waals surface area contributed by atoms with Crippen LogP contribution in [0.15, 0.2) is 61.6 Å². The fourth-order valence-electron chi connectivity index (χ4n) is 2.72. The first-order valence-corrected chi connectivity index (χ1v) is 8.53. The van der Waals surface area contributed by atoms with Crippen LogP contribution in [0, 0.1) is 0 Å². The van der Waals surface area contributed by atoms with E-state index < -0.39 is 0 Å². The number of rotatable bonds is 6. The number of carbonyl (C=O) groups excluding carboxylic acids is 1. The molecule has 4 aromatic heterocycles. The summed E-state index contributed by atoms with van der Waals surface area (Å²) in [6, 6.07) is 7.51. The van der Waals surface area contributed by atoms with Gasteiger partial charge in [-0.3, -0.25) is 19.7 Å². The lowest BCUT2D eigenvalue weighted by Gasteiger charge is -2.06. The smallest absolute Gasteiger partial charge is 0.252 e. The van der Waals surface area contributed by atoms with Gasteiger partial charge in [-0.15, -0.1) is 0 Å². The van der Waals surface area contributed by atoms with Gasteiger partial charge in [0.15, 0.2) is 5.65 Å². The Morgan fingerprint density at radius 3 is 2.74 bits per heavy atom. The number of aromatic nitrogens is 6. The van der Waals surface area contributed by atoms with E-state index in [1.165, 1.54) is 0 Å². The van der Waals surface area contributed by atoms with Gasteiger partial charge >= 0.3 is 0 Å². The molecule has 0 atom stereocenters. The van der Waals surface area contributed by atoms with E-state index in [0.29, 0.717) is 30.6 Å². The fourth-order valence-corrected chi connectivity index (χ4v) is 2.72. The molecule has 0 aliphatic rings. The number of hydrogen-bond acceptors (Lipinski definition) is 6. The molecular formula is C19H17N7O. The minimum absolute atomic E-state index is 0.187. The normalized spacial score (nSPS) is 10.8. The van der Waals surface area contributed by atoms with E-state index in [2.05, 4.69) is 30.2 Å². The second-order valence-corrected chi connectivity index (χ2v) is 5.96. The van der Waals surface area contributed by atoms with E-state index >= 15 is 0 Å². The Hall–Kier alpha value is -3.68. The second kappa shape index (κ2) is 7.69. The van der Waals surface area contributed by atoms with Crippen molar-refractivity contribution in [2.75, 3.05) is 6.54 Å². The van der Waals surface area contributed by atoms with Gasteiger partial charge in [-0.2, -0.15) is 0 Å². The summed E-state index contributed by atoms with van der Waals surface area (Å²) >= 11 is 0. The van der Waals surface area contributed by atoms with Crippen LogP contribution in [0.3, 0.4) is 0 Å². The first-order valence-electron chi connectivity index (χ1n) is 8.53. The highest BCUT2D eigenvalue weighted by Gasteiger charge is 2.11. The molecule has 8 nitrogen and oxygen atoms in total. The average Bonchev–Trinajstić information content (AvgIpc) is 3.11. The first-order chi connectivity index (χ1) is 13.3. The minimum atomic E-state index is -0.187. The Morgan fingerprint density at radius 2 is 1.93 bits per heavy atom. The predicted molar refractivity (Wildman–Crippen MR) is 98.9 cm³/mol. The van der Waals surface area contributed by atoms with Crippen LogP contribution in [-0.4, -0.2) is 41.9 Å². The average molecular weight is 359 g/mol. The highest BCUT2D eigenvalue weighted by molar-refractivity contribution is 5.96. The highest BCUT2D eigenvalue weighted by atomic mass is 16.1. The fraction of sp³-hybridized carbons (Fsp3) is 0.158. The maximum Gasteiger partial charge on any atom is 0.252 e. The van der Waals surface area contributed by atoms with Gasteiger partial charge in [0.25, 0.3) is 5.91 Å². The van der Waals surface area contributed by atoms with Crippen molar-refractivity contribution in [3.63, 3.8) is 0 Å². The molecule has 0 fully saturated rings. The molecule has 0 saturated heterocycles. The summed E-state index contributed by atoms with van der Waals surface area (Å²) < 4.78 is 1.91. The number of fused-ring (bicyclic) bond motifs is 1. The number of pyridine rings is 2. The van der Waals surface area contributed by atoms with Crippen molar-refractivity contribution in [1.29, 1.82) is 0 Å². The maximum absolute atomic E-state index is 12.3.